The number of phosphoric acid groups is 2. The number of H-pyrrole nitrogens is 2. The Hall–Kier alpha value is -3.89. The molecule has 4 aromatic rings. The topological polar surface area (TPSA) is 337 Å². The molecule has 0 saturated carbocycles. The van der Waals surface area contributed by atoms with E-state index in [1.165, 1.54) is 10.9 Å². The summed E-state index contributed by atoms with van der Waals surface area (Å²) in [6.07, 6.45) is -5.34. The molecule has 44 heavy (non-hydrogen) atoms. The summed E-state index contributed by atoms with van der Waals surface area (Å²) in [7, 11) is -10.3. The number of Topliss-reactive ketones (excluding diaryl/α,β-unsaturated/α-hetero) is 1. The number of nitrogens with one attached hydrogen (secondary N) is 2. The van der Waals surface area contributed by atoms with Crippen molar-refractivity contribution in [2.45, 2.75) is 43.8 Å². The van der Waals surface area contributed by atoms with Crippen LogP contribution < -0.4 is 22.7 Å². The van der Waals surface area contributed by atoms with Crippen molar-refractivity contribution in [3.05, 3.63) is 33.5 Å². The van der Waals surface area contributed by atoms with Gasteiger partial charge in [0.2, 0.25) is 18.0 Å². The van der Waals surface area contributed by atoms with Crippen LogP contribution >= 0.6 is 15.6 Å². The van der Waals surface area contributed by atoms with Gasteiger partial charge < -0.3 is 40.6 Å². The first-order valence-electron chi connectivity index (χ1n) is 12.4. The summed E-state index contributed by atoms with van der Waals surface area (Å²) in [6.45, 7) is -1.00. The average molecular weight is 660 g/mol. The summed E-state index contributed by atoms with van der Waals surface area (Å²) in [5, 5.41) is 0. The number of phosphoric ester groups is 2. The summed E-state index contributed by atoms with van der Waals surface area (Å²) >= 11 is 0. The molecule has 25 heteroatoms. The number of nitrogen functional groups attached to an aromatic ring is 2. The molecule has 9 N–H and O–H groups in total. The first kappa shape index (κ1) is 30.1. The molecule has 1 unspecified atom stereocenters. The van der Waals surface area contributed by atoms with Crippen LogP contribution in [0.4, 0.5) is 11.8 Å². The number of nitrogens with two attached hydrogens (primary N) is 2. The predicted octanol–water partition coefficient (Wildman–Crippen LogP) is -1.87. The van der Waals surface area contributed by atoms with Crippen LogP contribution in [-0.2, 0) is 37.0 Å². The summed E-state index contributed by atoms with van der Waals surface area (Å²) in [5.41, 5.74) is 9.69. The molecule has 2 saturated heterocycles. The monoisotopic (exact) mass is 660 g/mol. The smallest absolute Gasteiger partial charge is 0.382 e. The van der Waals surface area contributed by atoms with Gasteiger partial charge in [0.05, 0.1) is 12.9 Å². The number of ketones is 1. The predicted molar refractivity (Wildman–Crippen MR) is 141 cm³/mol. The lowest BCUT2D eigenvalue weighted by molar-refractivity contribution is -0.132. The van der Waals surface area contributed by atoms with Gasteiger partial charge in [-0.15, -0.1) is 0 Å². The molecular formula is C19H22N10O13P2. The highest BCUT2D eigenvalue weighted by Gasteiger charge is 2.51. The third-order valence-corrected chi connectivity index (χ3v) is 8.04. The van der Waals surface area contributed by atoms with E-state index in [0.717, 1.165) is 10.9 Å². The maximum Gasteiger partial charge on any atom is 0.475 e. The van der Waals surface area contributed by atoms with Gasteiger partial charge in [0.15, 0.2) is 35.0 Å². The van der Waals surface area contributed by atoms with Crippen LogP contribution in [0.15, 0.2) is 22.2 Å². The van der Waals surface area contributed by atoms with Crippen molar-refractivity contribution in [3.8, 4) is 0 Å². The molecule has 2 aliphatic heterocycles. The Balaban J connectivity index is 1.21. The molecule has 2 fully saturated rings. The standard InChI is InChI=1S/C19H22N10O13P2/c20-13-9-14(23-4-22-13)29(19(32)25-9)17-11(30)12(6(39-17)3-38-43(33,34)35)42-44(36,37)41-8-2-1-7(40-8)28-5-24-10-15(28)26-18(21)27-16(10)31/h4-8,12,17H,1-3H2,(H,25,32)(H,36,37)(H2,20,22,23)(H2,33,34,35)(H3,21,26,27,31)/t6-,7-,8-,12-,17-/m1/s1. The molecular weight excluding hydrogens is 638 g/mol. The van der Waals surface area contributed by atoms with Crippen LogP contribution in [-0.4, -0.2) is 84.6 Å². The van der Waals surface area contributed by atoms with Gasteiger partial charge in [-0.25, -0.2) is 33.4 Å². The first-order chi connectivity index (χ1) is 20.7. The highest BCUT2D eigenvalue weighted by molar-refractivity contribution is 7.47. The molecule has 2 aliphatic rings. The van der Waals surface area contributed by atoms with E-state index in [0.29, 0.717) is 0 Å². The van der Waals surface area contributed by atoms with Gasteiger partial charge in [-0.3, -0.25) is 32.7 Å². The zero-order chi connectivity index (χ0) is 31.6. The molecule has 0 bridgehead atoms. The van der Waals surface area contributed by atoms with Crippen molar-refractivity contribution in [3.63, 3.8) is 0 Å². The fraction of sp³-hybridized carbons (Fsp3) is 0.421. The third kappa shape index (κ3) is 5.68. The van der Waals surface area contributed by atoms with E-state index < -0.39 is 70.2 Å². The van der Waals surface area contributed by atoms with Gasteiger partial charge in [-0.1, -0.05) is 0 Å². The quantitative estimate of drug-likeness (QED) is 0.0966. The van der Waals surface area contributed by atoms with E-state index in [1.54, 1.807) is 0 Å². The van der Waals surface area contributed by atoms with Crippen molar-refractivity contribution in [1.29, 1.82) is 0 Å². The number of fused-ring (bicyclic) bond motifs is 2. The van der Waals surface area contributed by atoms with E-state index in [1.807, 2.05) is 0 Å². The van der Waals surface area contributed by atoms with Gasteiger partial charge >= 0.3 is 21.3 Å². The molecule has 0 amide bonds. The second kappa shape index (κ2) is 10.9. The number of nitrogens with zero attached hydrogens (tertiary/aromatic N) is 6. The van der Waals surface area contributed by atoms with Crippen LogP contribution in [0.2, 0.25) is 0 Å². The van der Waals surface area contributed by atoms with Crippen LogP contribution in [0.5, 0.6) is 0 Å². The molecule has 6 rings (SSSR count). The minimum Gasteiger partial charge on any atom is -0.382 e. The van der Waals surface area contributed by atoms with Crippen molar-refractivity contribution in [2.75, 3.05) is 18.1 Å². The average Bonchev–Trinajstić information content (AvgIpc) is 3.69. The summed E-state index contributed by atoms with van der Waals surface area (Å²) in [5.74, 6) is -1.43. The maximum atomic E-state index is 13.4. The highest BCUT2D eigenvalue weighted by Crippen LogP contribution is 2.51. The molecule has 23 nitrogen and oxygen atoms in total. The van der Waals surface area contributed by atoms with Crippen LogP contribution in [0.1, 0.15) is 25.3 Å². The zero-order valence-corrected chi connectivity index (χ0v) is 23.6. The zero-order valence-electron chi connectivity index (χ0n) is 21.8. The lowest BCUT2D eigenvalue weighted by Gasteiger charge is -2.22. The molecule has 0 aliphatic carbocycles. The van der Waals surface area contributed by atoms with Gasteiger partial charge in [-0.05, 0) is 6.42 Å². The Morgan fingerprint density at radius 3 is 2.55 bits per heavy atom. The number of anilines is 2. The number of ether oxygens (including phenoxy) is 2. The van der Waals surface area contributed by atoms with Crippen molar-refractivity contribution in [2.24, 2.45) is 0 Å². The van der Waals surface area contributed by atoms with E-state index in [4.69, 9.17) is 39.8 Å². The van der Waals surface area contributed by atoms with Gasteiger partial charge in [0, 0.05) is 6.42 Å². The van der Waals surface area contributed by atoms with Crippen LogP contribution in [0.3, 0.4) is 0 Å². The molecule has 0 aromatic carbocycles. The maximum absolute atomic E-state index is 13.4. The lowest BCUT2D eigenvalue weighted by atomic mass is 10.1. The minimum atomic E-state index is -5.20. The normalized spacial score (nSPS) is 25.7. The Kier molecular flexibility index (Phi) is 7.49. The Morgan fingerprint density at radius 2 is 1.80 bits per heavy atom. The molecule has 6 heterocycles. The lowest BCUT2D eigenvalue weighted by Crippen LogP contribution is -2.34. The molecule has 0 radical (unpaired) electrons. The van der Waals surface area contributed by atoms with E-state index in [9.17, 15) is 28.4 Å². The van der Waals surface area contributed by atoms with E-state index in [-0.39, 0.29) is 46.9 Å². The number of hydrogen-bond acceptors (Lipinski definition) is 16. The number of aromatic nitrogens is 8. The Bertz CT molecular complexity index is 1980. The second-order valence-electron chi connectivity index (χ2n) is 9.45. The largest absolute Gasteiger partial charge is 0.475 e. The number of carbonyl (C=O) groups is 1. The second-order valence-corrected chi connectivity index (χ2v) is 12.0. The number of rotatable bonds is 9. The summed E-state index contributed by atoms with van der Waals surface area (Å²) in [6, 6.07) is 0. The van der Waals surface area contributed by atoms with Crippen LogP contribution in [0, 0.1) is 0 Å². The van der Waals surface area contributed by atoms with Gasteiger partial charge in [0.25, 0.3) is 5.56 Å². The summed E-state index contributed by atoms with van der Waals surface area (Å²) < 4.78 is 52.3. The van der Waals surface area contributed by atoms with E-state index in [2.05, 4.69) is 34.4 Å². The number of hydrogen-bond donors (Lipinski definition) is 7. The van der Waals surface area contributed by atoms with Gasteiger partial charge in [-0.2, -0.15) is 4.98 Å². The fourth-order valence-electron chi connectivity index (χ4n) is 4.75. The Morgan fingerprint density at radius 1 is 1.02 bits per heavy atom. The van der Waals surface area contributed by atoms with Crippen molar-refractivity contribution < 1.29 is 51.6 Å². The summed E-state index contributed by atoms with van der Waals surface area (Å²) in [4.78, 5) is 87.3. The Labute approximate surface area is 241 Å². The molecule has 236 valence electrons. The number of carbonyl (C=O) groups excluding carboxylic acids is 1. The van der Waals surface area contributed by atoms with E-state index >= 15 is 0 Å². The fourth-order valence-corrected chi connectivity index (χ4v) is 6.12. The minimum absolute atomic E-state index is 0.0235. The van der Waals surface area contributed by atoms with Crippen molar-refractivity contribution >= 4 is 55.5 Å². The van der Waals surface area contributed by atoms with Crippen LogP contribution in [0.25, 0.3) is 22.3 Å². The SMILES string of the molecule is Nc1nc2c(ncn2[C@H]2CC[C@@H](OP(=O)(O)O[C@H]3C(=O)[C@H](n4c(=O)[nH]c5c(N)ncnc54)O[C@@H]3COP(=O)(O)O)O2)c(=O)[nH]1. The third-order valence-electron chi connectivity index (χ3n) is 6.56. The number of imidazole rings is 2. The first-order valence-corrected chi connectivity index (χ1v) is 15.4. The highest BCUT2D eigenvalue weighted by atomic mass is 31.2. The molecule has 4 aromatic heterocycles. The molecule has 6 atom stereocenters. The number of aromatic amines is 2. The van der Waals surface area contributed by atoms with Gasteiger partial charge in [0.1, 0.15) is 24.2 Å². The van der Waals surface area contributed by atoms with Crippen molar-refractivity contribution in [1.82, 2.24) is 39.0 Å². The molecule has 0 spiro atoms.